The van der Waals surface area contributed by atoms with Crippen LogP contribution in [0.2, 0.25) is 0 Å². The Morgan fingerprint density at radius 1 is 1.00 bits per heavy atom. The molecular formula is C12H17N3O9. The van der Waals surface area contributed by atoms with Gasteiger partial charge < -0.3 is 30.8 Å². The van der Waals surface area contributed by atoms with E-state index in [9.17, 15) is 40.7 Å². The van der Waals surface area contributed by atoms with Gasteiger partial charge in [-0.2, -0.15) is 0 Å². The number of nitrogens with zero attached hydrogens (tertiary/aromatic N) is 2. The highest BCUT2D eigenvalue weighted by molar-refractivity contribution is 5.65. The van der Waals surface area contributed by atoms with Gasteiger partial charge in [0.1, 0.15) is 24.0 Å². The molecule has 0 aliphatic heterocycles. The summed E-state index contributed by atoms with van der Waals surface area (Å²) in [6, 6.07) is 2.81. The van der Waals surface area contributed by atoms with Crippen LogP contribution in [0, 0.1) is 20.2 Å². The summed E-state index contributed by atoms with van der Waals surface area (Å²) >= 11 is 0. The summed E-state index contributed by atoms with van der Waals surface area (Å²) in [7, 11) is 0. The predicted octanol–water partition coefficient (Wildman–Crippen LogP) is -1.65. The van der Waals surface area contributed by atoms with Gasteiger partial charge in [0.2, 0.25) is 0 Å². The van der Waals surface area contributed by atoms with Gasteiger partial charge in [0, 0.05) is 12.6 Å². The molecule has 0 radical (unpaired) electrons. The molecule has 12 heteroatoms. The summed E-state index contributed by atoms with van der Waals surface area (Å²) < 4.78 is 0. The topological polar surface area (TPSA) is 199 Å². The summed E-state index contributed by atoms with van der Waals surface area (Å²) in [6.07, 6.45) is -6.99. The van der Waals surface area contributed by atoms with Crippen LogP contribution in [0.3, 0.4) is 0 Å². The van der Waals surface area contributed by atoms with Crippen LogP contribution in [0.4, 0.5) is 17.1 Å². The highest BCUT2D eigenvalue weighted by Gasteiger charge is 2.30. The van der Waals surface area contributed by atoms with E-state index in [-0.39, 0.29) is 5.69 Å². The number of anilines is 1. The molecule has 0 fully saturated rings. The molecular weight excluding hydrogens is 330 g/mol. The van der Waals surface area contributed by atoms with E-state index in [2.05, 4.69) is 5.32 Å². The van der Waals surface area contributed by atoms with Gasteiger partial charge in [0.25, 0.3) is 11.4 Å². The number of nitro benzene ring substituents is 2. The second kappa shape index (κ2) is 8.47. The van der Waals surface area contributed by atoms with Crippen molar-refractivity contribution in [2.24, 2.45) is 0 Å². The molecule has 6 N–H and O–H groups in total. The predicted molar refractivity (Wildman–Crippen MR) is 79.4 cm³/mol. The van der Waals surface area contributed by atoms with E-state index >= 15 is 0 Å². The monoisotopic (exact) mass is 347 g/mol. The molecule has 0 bridgehead atoms. The van der Waals surface area contributed by atoms with Gasteiger partial charge in [-0.05, 0) is 6.07 Å². The van der Waals surface area contributed by atoms with Gasteiger partial charge >= 0.3 is 0 Å². The first-order valence-corrected chi connectivity index (χ1v) is 6.68. The van der Waals surface area contributed by atoms with E-state index in [1.54, 1.807) is 0 Å². The molecule has 1 aromatic rings. The highest BCUT2D eigenvalue weighted by atomic mass is 16.6. The Bertz CT molecular complexity index is 597. The van der Waals surface area contributed by atoms with Crippen molar-refractivity contribution >= 4 is 17.1 Å². The Balaban J connectivity index is 2.83. The van der Waals surface area contributed by atoms with E-state index in [1.165, 1.54) is 0 Å². The molecule has 0 heterocycles. The lowest BCUT2D eigenvalue weighted by atomic mass is 10.0. The number of hydrogen-bond acceptors (Lipinski definition) is 10. The summed E-state index contributed by atoms with van der Waals surface area (Å²) in [6.45, 7) is -1.30. The van der Waals surface area contributed by atoms with Crippen LogP contribution in [0.1, 0.15) is 0 Å². The zero-order chi connectivity index (χ0) is 18.4. The standard InChI is InChI=1S/C12H17N3O9/c16-5-10(18)12(20)11(19)9(17)4-13-7-2-1-6(14(21)22)3-8(7)15(23)24/h1-3,9-13,16-20H,4-5H2/t9-,10+,11-,12+/m0/s1. The van der Waals surface area contributed by atoms with Crippen LogP contribution in [-0.4, -0.2) is 72.9 Å². The third kappa shape index (κ3) is 4.81. The summed E-state index contributed by atoms with van der Waals surface area (Å²) in [4.78, 5) is 19.9. The lowest BCUT2D eigenvalue weighted by Gasteiger charge is -2.25. The molecule has 0 saturated heterocycles. The first kappa shape index (κ1) is 19.7. The molecule has 1 aromatic carbocycles. The second-order valence-corrected chi connectivity index (χ2v) is 4.90. The Morgan fingerprint density at radius 2 is 1.58 bits per heavy atom. The Hall–Kier alpha value is -2.38. The molecule has 0 saturated carbocycles. The first-order chi connectivity index (χ1) is 11.2. The van der Waals surface area contributed by atoms with Crippen molar-refractivity contribution in [3.8, 4) is 0 Å². The highest BCUT2D eigenvalue weighted by Crippen LogP contribution is 2.28. The van der Waals surface area contributed by atoms with Gasteiger partial charge in [-0.25, -0.2) is 0 Å². The third-order valence-corrected chi connectivity index (χ3v) is 3.22. The third-order valence-electron chi connectivity index (χ3n) is 3.22. The van der Waals surface area contributed by atoms with Gasteiger partial charge in [-0.15, -0.1) is 0 Å². The number of hydrogen-bond donors (Lipinski definition) is 6. The maximum Gasteiger partial charge on any atom is 0.299 e. The number of nitrogens with one attached hydrogen (secondary N) is 1. The number of aliphatic hydroxyl groups is 5. The molecule has 0 spiro atoms. The van der Waals surface area contributed by atoms with Crippen molar-refractivity contribution in [3.05, 3.63) is 38.4 Å². The molecule has 134 valence electrons. The lowest BCUT2D eigenvalue weighted by Crippen LogP contribution is -2.48. The Labute approximate surface area is 134 Å². The molecule has 1 rings (SSSR count). The number of aliphatic hydroxyl groups excluding tert-OH is 5. The van der Waals surface area contributed by atoms with E-state index in [4.69, 9.17) is 5.11 Å². The van der Waals surface area contributed by atoms with E-state index in [1.807, 2.05) is 0 Å². The van der Waals surface area contributed by atoms with Crippen LogP contribution >= 0.6 is 0 Å². The van der Waals surface area contributed by atoms with Crippen molar-refractivity contribution < 1.29 is 35.4 Å². The number of benzene rings is 1. The van der Waals surface area contributed by atoms with Gasteiger partial charge in [-0.3, -0.25) is 20.2 Å². The molecule has 0 aliphatic carbocycles. The summed E-state index contributed by atoms with van der Waals surface area (Å²) in [5, 5.41) is 70.7. The smallest absolute Gasteiger partial charge is 0.299 e. The number of non-ortho nitro benzene ring substituents is 1. The van der Waals surface area contributed by atoms with Gasteiger partial charge in [-0.1, -0.05) is 0 Å². The van der Waals surface area contributed by atoms with Crippen LogP contribution in [-0.2, 0) is 0 Å². The van der Waals surface area contributed by atoms with E-state index in [0.29, 0.717) is 0 Å². The fourth-order valence-electron chi connectivity index (χ4n) is 1.83. The first-order valence-electron chi connectivity index (χ1n) is 6.68. The van der Waals surface area contributed by atoms with Crippen LogP contribution in [0.25, 0.3) is 0 Å². The van der Waals surface area contributed by atoms with Crippen molar-refractivity contribution in [2.75, 3.05) is 18.5 Å². The minimum atomic E-state index is -1.84. The Kier molecular flexibility index (Phi) is 6.94. The SMILES string of the molecule is O=[N+]([O-])c1ccc(NC[C@H](O)[C@H](O)[C@H](O)[C@H](O)CO)c([N+](=O)[O-])c1. The fraction of sp³-hybridized carbons (Fsp3) is 0.500. The summed E-state index contributed by atoms with van der Waals surface area (Å²) in [5.41, 5.74) is -1.25. The quantitative estimate of drug-likeness (QED) is 0.222. The molecule has 24 heavy (non-hydrogen) atoms. The van der Waals surface area contributed by atoms with Crippen molar-refractivity contribution in [1.82, 2.24) is 0 Å². The minimum absolute atomic E-state index is 0.144. The fourth-order valence-corrected chi connectivity index (χ4v) is 1.83. The molecule has 0 unspecified atom stereocenters. The van der Waals surface area contributed by atoms with E-state index in [0.717, 1.165) is 18.2 Å². The van der Waals surface area contributed by atoms with Crippen LogP contribution in [0.15, 0.2) is 18.2 Å². The van der Waals surface area contributed by atoms with Crippen LogP contribution in [0.5, 0.6) is 0 Å². The van der Waals surface area contributed by atoms with Gasteiger partial charge in [0.05, 0.1) is 28.6 Å². The molecule has 0 aliphatic rings. The van der Waals surface area contributed by atoms with Crippen molar-refractivity contribution in [1.29, 1.82) is 0 Å². The maximum atomic E-state index is 10.9. The molecule has 0 aromatic heterocycles. The average Bonchev–Trinajstić information content (AvgIpc) is 2.56. The zero-order valence-corrected chi connectivity index (χ0v) is 12.2. The van der Waals surface area contributed by atoms with Crippen molar-refractivity contribution in [2.45, 2.75) is 24.4 Å². The number of rotatable bonds is 9. The van der Waals surface area contributed by atoms with Crippen LogP contribution < -0.4 is 5.32 Å². The zero-order valence-electron chi connectivity index (χ0n) is 12.2. The Morgan fingerprint density at radius 3 is 2.08 bits per heavy atom. The largest absolute Gasteiger partial charge is 0.394 e. The number of nitro groups is 2. The van der Waals surface area contributed by atoms with Gasteiger partial charge in [0.15, 0.2) is 0 Å². The molecule has 12 nitrogen and oxygen atoms in total. The maximum absolute atomic E-state index is 10.9. The molecule has 4 atom stereocenters. The molecule has 0 amide bonds. The minimum Gasteiger partial charge on any atom is -0.394 e. The van der Waals surface area contributed by atoms with E-state index < -0.39 is 58.8 Å². The second-order valence-electron chi connectivity index (χ2n) is 4.90. The lowest BCUT2D eigenvalue weighted by molar-refractivity contribution is -0.393. The van der Waals surface area contributed by atoms with Crippen molar-refractivity contribution in [3.63, 3.8) is 0 Å². The average molecular weight is 347 g/mol. The normalized spacial score (nSPS) is 16.0. The summed E-state index contributed by atoms with van der Waals surface area (Å²) in [5.74, 6) is 0.